The zero-order valence-electron chi connectivity index (χ0n) is 16.3. The van der Waals surface area contributed by atoms with Gasteiger partial charge in [-0.25, -0.2) is 0 Å². The molecule has 0 saturated carbocycles. The van der Waals surface area contributed by atoms with Crippen LogP contribution in [-0.4, -0.2) is 35.2 Å². The number of carbonyl (C=O) groups excluding carboxylic acids is 2. The van der Waals surface area contributed by atoms with Gasteiger partial charge in [-0.3, -0.25) is 14.9 Å². The van der Waals surface area contributed by atoms with Gasteiger partial charge >= 0.3 is 0 Å². The second kappa shape index (κ2) is 9.33. The number of carbonyl (C=O) groups is 2. The van der Waals surface area contributed by atoms with Crippen LogP contribution in [0.15, 0.2) is 47.1 Å². The molecule has 0 aliphatic rings. The molecule has 8 nitrogen and oxygen atoms in total. The van der Waals surface area contributed by atoms with Gasteiger partial charge in [0.25, 0.3) is 5.91 Å². The number of methoxy groups -OCH3 is 1. The number of furan rings is 1. The molecule has 0 fully saturated rings. The summed E-state index contributed by atoms with van der Waals surface area (Å²) >= 11 is 1.25. The first-order valence-electron chi connectivity index (χ1n) is 9.15. The van der Waals surface area contributed by atoms with Crippen molar-refractivity contribution in [3.8, 4) is 16.3 Å². The number of aromatic nitrogens is 2. The highest BCUT2D eigenvalue weighted by molar-refractivity contribution is 7.18. The Morgan fingerprint density at radius 2 is 1.97 bits per heavy atom. The fourth-order valence-corrected chi connectivity index (χ4v) is 3.38. The van der Waals surface area contributed by atoms with Crippen molar-refractivity contribution >= 4 is 28.3 Å². The van der Waals surface area contributed by atoms with Crippen molar-refractivity contribution in [2.75, 3.05) is 12.4 Å². The number of hydrogen-bond donors (Lipinski definition) is 2. The van der Waals surface area contributed by atoms with Gasteiger partial charge in [0, 0.05) is 5.56 Å². The molecule has 0 radical (unpaired) electrons. The van der Waals surface area contributed by atoms with E-state index in [0.29, 0.717) is 16.6 Å². The van der Waals surface area contributed by atoms with E-state index in [0.717, 1.165) is 11.3 Å². The van der Waals surface area contributed by atoms with Gasteiger partial charge in [0.1, 0.15) is 16.8 Å². The molecule has 2 N–H and O–H groups in total. The Morgan fingerprint density at radius 3 is 2.59 bits per heavy atom. The maximum atomic E-state index is 12.8. The minimum absolute atomic E-state index is 0.0807. The third-order valence-corrected chi connectivity index (χ3v) is 5.41. The average Bonchev–Trinajstić information content (AvgIpc) is 3.43. The van der Waals surface area contributed by atoms with Crippen LogP contribution in [-0.2, 0) is 4.79 Å². The van der Waals surface area contributed by atoms with Crippen LogP contribution in [0, 0.1) is 5.92 Å². The van der Waals surface area contributed by atoms with Crippen LogP contribution in [0.2, 0.25) is 0 Å². The summed E-state index contributed by atoms with van der Waals surface area (Å²) in [5, 5.41) is 14.7. The first kappa shape index (κ1) is 20.5. The highest BCUT2D eigenvalue weighted by Crippen LogP contribution is 2.28. The number of anilines is 1. The Morgan fingerprint density at radius 1 is 1.21 bits per heavy atom. The lowest BCUT2D eigenvalue weighted by Crippen LogP contribution is -2.47. The number of nitrogens with one attached hydrogen (secondary N) is 2. The molecule has 2 amide bonds. The van der Waals surface area contributed by atoms with E-state index in [-0.39, 0.29) is 17.6 Å². The molecule has 2 heterocycles. The third kappa shape index (κ3) is 5.00. The monoisotopic (exact) mass is 414 g/mol. The fourth-order valence-electron chi connectivity index (χ4n) is 2.63. The van der Waals surface area contributed by atoms with E-state index in [4.69, 9.17) is 9.15 Å². The summed E-state index contributed by atoms with van der Waals surface area (Å²) in [4.78, 5) is 25.1. The molecule has 0 unspecified atom stereocenters. The minimum Gasteiger partial charge on any atom is -0.497 e. The summed E-state index contributed by atoms with van der Waals surface area (Å²) in [6.45, 7) is 3.85. The van der Waals surface area contributed by atoms with Crippen molar-refractivity contribution < 1.29 is 18.7 Å². The molecule has 9 heteroatoms. The summed E-state index contributed by atoms with van der Waals surface area (Å²) in [6, 6.07) is 9.84. The average molecular weight is 414 g/mol. The highest BCUT2D eigenvalue weighted by Gasteiger charge is 2.28. The number of benzene rings is 1. The van der Waals surface area contributed by atoms with E-state index >= 15 is 0 Å². The van der Waals surface area contributed by atoms with Gasteiger partial charge in [0.2, 0.25) is 11.0 Å². The lowest BCUT2D eigenvalue weighted by Gasteiger charge is -2.22. The second-order valence-electron chi connectivity index (χ2n) is 6.44. The van der Waals surface area contributed by atoms with Gasteiger partial charge in [-0.15, -0.1) is 10.2 Å². The molecule has 2 atom stereocenters. The zero-order valence-corrected chi connectivity index (χ0v) is 17.2. The summed E-state index contributed by atoms with van der Waals surface area (Å²) in [5.41, 5.74) is 0.869. The Labute approximate surface area is 172 Å². The van der Waals surface area contributed by atoms with E-state index in [1.165, 1.54) is 17.6 Å². The van der Waals surface area contributed by atoms with Crippen molar-refractivity contribution in [2.45, 2.75) is 26.3 Å². The molecule has 0 aliphatic heterocycles. The summed E-state index contributed by atoms with van der Waals surface area (Å²) in [5.74, 6) is 0.0329. The van der Waals surface area contributed by atoms with Crippen molar-refractivity contribution in [1.82, 2.24) is 15.5 Å². The van der Waals surface area contributed by atoms with Gasteiger partial charge in [0.05, 0.1) is 13.4 Å². The fraction of sp³-hybridized carbons (Fsp3) is 0.300. The van der Waals surface area contributed by atoms with Crippen molar-refractivity contribution in [1.29, 1.82) is 0 Å². The topological polar surface area (TPSA) is 106 Å². The molecule has 2 aromatic heterocycles. The Hall–Kier alpha value is -3.20. The van der Waals surface area contributed by atoms with Gasteiger partial charge in [-0.1, -0.05) is 31.6 Å². The van der Waals surface area contributed by atoms with E-state index in [9.17, 15) is 9.59 Å². The van der Waals surface area contributed by atoms with Crippen LogP contribution in [0.1, 0.15) is 30.8 Å². The lowest BCUT2D eigenvalue weighted by atomic mass is 9.98. The van der Waals surface area contributed by atoms with Gasteiger partial charge in [-0.2, -0.15) is 0 Å². The number of rotatable bonds is 8. The molecule has 0 spiro atoms. The molecule has 0 aliphatic carbocycles. The standard InChI is InChI=1S/C20H22N4O4S/c1-4-12(2)16(21-17(25)15-6-5-11-28-15)18(26)22-20-24-23-19(29-20)13-7-9-14(27-3)10-8-13/h5-12,16H,4H2,1-3H3,(H,21,25)(H,22,24,26)/t12-,16+/m0/s1. The molecule has 0 bridgehead atoms. The number of ether oxygens (including phenoxy) is 1. The summed E-state index contributed by atoms with van der Waals surface area (Å²) in [6.07, 6.45) is 2.12. The molecule has 0 saturated heterocycles. The van der Waals surface area contributed by atoms with Crippen molar-refractivity contribution in [3.63, 3.8) is 0 Å². The number of hydrogen-bond acceptors (Lipinski definition) is 7. The van der Waals surface area contributed by atoms with Crippen molar-refractivity contribution in [2.24, 2.45) is 5.92 Å². The predicted molar refractivity (Wildman–Crippen MR) is 110 cm³/mol. The maximum Gasteiger partial charge on any atom is 0.287 e. The number of amides is 2. The third-order valence-electron chi connectivity index (χ3n) is 4.52. The Bertz CT molecular complexity index is 953. The molecule has 3 rings (SSSR count). The number of nitrogens with zero attached hydrogens (tertiary/aromatic N) is 2. The van der Waals surface area contributed by atoms with E-state index in [1.54, 1.807) is 19.2 Å². The highest BCUT2D eigenvalue weighted by atomic mass is 32.1. The van der Waals surface area contributed by atoms with Crippen LogP contribution < -0.4 is 15.4 Å². The van der Waals surface area contributed by atoms with Crippen LogP contribution in [0.5, 0.6) is 5.75 Å². The maximum absolute atomic E-state index is 12.8. The van der Waals surface area contributed by atoms with E-state index < -0.39 is 11.9 Å². The molecule has 3 aromatic rings. The minimum atomic E-state index is -0.731. The second-order valence-corrected chi connectivity index (χ2v) is 7.42. The van der Waals surface area contributed by atoms with Crippen LogP contribution in [0.25, 0.3) is 10.6 Å². The Balaban J connectivity index is 1.70. The summed E-state index contributed by atoms with van der Waals surface area (Å²) < 4.78 is 10.3. The largest absolute Gasteiger partial charge is 0.497 e. The van der Waals surface area contributed by atoms with Gasteiger partial charge in [-0.05, 0) is 42.3 Å². The SMILES string of the molecule is CC[C@H](C)[C@@H](NC(=O)c1ccco1)C(=O)Nc1nnc(-c2ccc(OC)cc2)s1. The van der Waals surface area contributed by atoms with Gasteiger partial charge < -0.3 is 14.5 Å². The first-order valence-corrected chi connectivity index (χ1v) is 9.96. The predicted octanol–water partition coefficient (Wildman–Crippen LogP) is 3.59. The van der Waals surface area contributed by atoms with Crippen LogP contribution in [0.3, 0.4) is 0 Å². The van der Waals surface area contributed by atoms with Crippen LogP contribution >= 0.6 is 11.3 Å². The molecular formula is C20H22N4O4S. The van der Waals surface area contributed by atoms with E-state index in [1.807, 2.05) is 38.1 Å². The first-order chi connectivity index (χ1) is 14.0. The zero-order chi connectivity index (χ0) is 20.8. The molecule has 152 valence electrons. The molecule has 29 heavy (non-hydrogen) atoms. The van der Waals surface area contributed by atoms with Crippen LogP contribution in [0.4, 0.5) is 5.13 Å². The smallest absolute Gasteiger partial charge is 0.287 e. The normalized spacial score (nSPS) is 12.8. The van der Waals surface area contributed by atoms with Gasteiger partial charge in [0.15, 0.2) is 5.76 Å². The lowest BCUT2D eigenvalue weighted by molar-refractivity contribution is -0.119. The summed E-state index contributed by atoms with van der Waals surface area (Å²) in [7, 11) is 1.60. The van der Waals surface area contributed by atoms with E-state index in [2.05, 4.69) is 20.8 Å². The Kier molecular flexibility index (Phi) is 6.61. The van der Waals surface area contributed by atoms with Crippen molar-refractivity contribution in [3.05, 3.63) is 48.4 Å². The molecule has 1 aromatic carbocycles. The molecular weight excluding hydrogens is 392 g/mol. The quantitative estimate of drug-likeness (QED) is 0.583.